The van der Waals surface area contributed by atoms with Crippen LogP contribution in [0.25, 0.3) is 0 Å². The van der Waals surface area contributed by atoms with Gasteiger partial charge in [-0.15, -0.1) is 0 Å². The highest BCUT2D eigenvalue weighted by atomic mass is 16.2. The number of carbonyl (C=O) groups excluding carboxylic acids is 2. The number of carbonyl (C=O) groups is 2. The van der Waals surface area contributed by atoms with Crippen molar-refractivity contribution in [3.8, 4) is 0 Å². The molecule has 2 aromatic carbocycles. The molecule has 0 aromatic heterocycles. The quantitative estimate of drug-likeness (QED) is 0.890. The summed E-state index contributed by atoms with van der Waals surface area (Å²) >= 11 is 0. The molecule has 0 aliphatic heterocycles. The van der Waals surface area contributed by atoms with Gasteiger partial charge in [-0.25, -0.2) is 0 Å². The summed E-state index contributed by atoms with van der Waals surface area (Å²) in [6.07, 6.45) is 0. The lowest BCUT2D eigenvalue weighted by atomic mass is 10.1. The van der Waals surface area contributed by atoms with Gasteiger partial charge in [0.2, 0.25) is 5.91 Å². The highest BCUT2D eigenvalue weighted by Gasteiger charge is 2.06. The van der Waals surface area contributed by atoms with Crippen molar-refractivity contribution < 1.29 is 9.59 Å². The van der Waals surface area contributed by atoms with Crippen molar-refractivity contribution in [1.29, 1.82) is 0 Å². The Labute approximate surface area is 117 Å². The molecule has 0 saturated heterocycles. The van der Waals surface area contributed by atoms with E-state index in [1.165, 1.54) is 0 Å². The van der Waals surface area contributed by atoms with Crippen molar-refractivity contribution in [1.82, 2.24) is 5.32 Å². The molecule has 0 saturated carbocycles. The van der Waals surface area contributed by atoms with Gasteiger partial charge in [-0.3, -0.25) is 9.59 Å². The molecule has 2 amide bonds. The van der Waals surface area contributed by atoms with Crippen LogP contribution in [-0.4, -0.2) is 11.8 Å². The molecule has 2 rings (SSSR count). The molecule has 0 heterocycles. The predicted molar refractivity (Wildman–Crippen MR) is 77.3 cm³/mol. The maximum absolute atomic E-state index is 12.0. The van der Waals surface area contributed by atoms with Crippen molar-refractivity contribution in [2.45, 2.75) is 13.5 Å². The summed E-state index contributed by atoms with van der Waals surface area (Å²) < 4.78 is 0. The number of primary amides is 1. The first-order chi connectivity index (χ1) is 9.56. The van der Waals surface area contributed by atoms with E-state index in [-0.39, 0.29) is 5.91 Å². The van der Waals surface area contributed by atoms with Gasteiger partial charge >= 0.3 is 0 Å². The maximum atomic E-state index is 12.0. The van der Waals surface area contributed by atoms with Gasteiger partial charge in [0.05, 0.1) is 0 Å². The molecular weight excluding hydrogens is 252 g/mol. The van der Waals surface area contributed by atoms with Gasteiger partial charge in [-0.05, 0) is 36.8 Å². The number of nitrogens with two attached hydrogens (primary N) is 1. The van der Waals surface area contributed by atoms with E-state index < -0.39 is 5.91 Å². The zero-order valence-electron chi connectivity index (χ0n) is 11.2. The molecule has 0 fully saturated rings. The van der Waals surface area contributed by atoms with Crippen molar-refractivity contribution >= 4 is 11.8 Å². The minimum atomic E-state index is -0.475. The minimum Gasteiger partial charge on any atom is -0.366 e. The highest BCUT2D eigenvalue weighted by molar-refractivity contribution is 5.94. The van der Waals surface area contributed by atoms with Crippen LogP contribution in [0.3, 0.4) is 0 Å². The molecule has 4 heteroatoms. The summed E-state index contributed by atoms with van der Waals surface area (Å²) in [5.74, 6) is -0.616. The molecule has 102 valence electrons. The molecule has 2 aromatic rings. The number of benzene rings is 2. The van der Waals surface area contributed by atoms with Crippen LogP contribution in [0.5, 0.6) is 0 Å². The number of hydrogen-bond acceptors (Lipinski definition) is 2. The topological polar surface area (TPSA) is 72.2 Å². The van der Waals surface area contributed by atoms with Crippen LogP contribution in [0.2, 0.25) is 0 Å². The first kappa shape index (κ1) is 13.8. The number of hydrogen-bond donors (Lipinski definition) is 2. The van der Waals surface area contributed by atoms with Crippen LogP contribution in [0, 0.1) is 6.92 Å². The lowest BCUT2D eigenvalue weighted by Crippen LogP contribution is -2.23. The molecular formula is C16H16N2O2. The Kier molecular flexibility index (Phi) is 4.15. The monoisotopic (exact) mass is 268 g/mol. The summed E-state index contributed by atoms with van der Waals surface area (Å²) in [5, 5.41) is 2.82. The van der Waals surface area contributed by atoms with Gasteiger partial charge in [0.1, 0.15) is 0 Å². The maximum Gasteiger partial charge on any atom is 0.251 e. The van der Waals surface area contributed by atoms with E-state index in [4.69, 9.17) is 5.73 Å². The first-order valence-electron chi connectivity index (χ1n) is 6.30. The first-order valence-corrected chi connectivity index (χ1v) is 6.30. The third kappa shape index (κ3) is 3.45. The normalized spacial score (nSPS) is 10.1. The van der Waals surface area contributed by atoms with Crippen molar-refractivity contribution in [2.24, 2.45) is 5.73 Å². The predicted octanol–water partition coefficient (Wildman–Crippen LogP) is 2.02. The summed E-state index contributed by atoms with van der Waals surface area (Å²) in [5.41, 5.74) is 8.15. The van der Waals surface area contributed by atoms with Gasteiger partial charge < -0.3 is 11.1 Å². The molecule has 0 aliphatic rings. The largest absolute Gasteiger partial charge is 0.366 e. The van der Waals surface area contributed by atoms with Gasteiger partial charge in [-0.2, -0.15) is 0 Å². The number of amides is 2. The summed E-state index contributed by atoms with van der Waals surface area (Å²) in [4.78, 5) is 23.1. The van der Waals surface area contributed by atoms with Gasteiger partial charge in [0.15, 0.2) is 0 Å². The number of nitrogens with one attached hydrogen (secondary N) is 1. The van der Waals surface area contributed by atoms with Gasteiger partial charge in [0, 0.05) is 17.7 Å². The Morgan fingerprint density at radius 2 is 1.75 bits per heavy atom. The molecule has 3 N–H and O–H groups in total. The van der Waals surface area contributed by atoms with Crippen LogP contribution < -0.4 is 11.1 Å². The van der Waals surface area contributed by atoms with Crippen LogP contribution in [0.1, 0.15) is 31.8 Å². The van der Waals surface area contributed by atoms with Crippen molar-refractivity contribution in [3.05, 3.63) is 70.8 Å². The van der Waals surface area contributed by atoms with Crippen molar-refractivity contribution in [2.75, 3.05) is 0 Å². The van der Waals surface area contributed by atoms with Crippen LogP contribution in [0.15, 0.2) is 48.5 Å². The number of aryl methyl sites for hydroxylation is 1. The lowest BCUT2D eigenvalue weighted by Gasteiger charge is -2.07. The van der Waals surface area contributed by atoms with Gasteiger partial charge in [0.25, 0.3) is 5.91 Å². The van der Waals surface area contributed by atoms with Crippen LogP contribution in [-0.2, 0) is 6.54 Å². The van der Waals surface area contributed by atoms with Crippen LogP contribution in [0.4, 0.5) is 0 Å². The molecule has 20 heavy (non-hydrogen) atoms. The Bertz CT molecular complexity index is 650. The molecule has 0 radical (unpaired) electrons. The van der Waals surface area contributed by atoms with E-state index in [2.05, 4.69) is 5.32 Å². The summed E-state index contributed by atoms with van der Waals surface area (Å²) in [7, 11) is 0. The second-order valence-corrected chi connectivity index (χ2v) is 4.62. The highest BCUT2D eigenvalue weighted by Crippen LogP contribution is 2.06. The summed E-state index contributed by atoms with van der Waals surface area (Å²) in [6, 6.07) is 14.3. The van der Waals surface area contributed by atoms with E-state index in [1.54, 1.807) is 24.3 Å². The molecule has 0 spiro atoms. The summed E-state index contributed by atoms with van der Waals surface area (Å²) in [6.45, 7) is 2.29. The zero-order valence-corrected chi connectivity index (χ0v) is 11.2. The number of rotatable bonds is 4. The fourth-order valence-corrected chi connectivity index (χ4v) is 1.91. The molecule has 0 atom stereocenters. The average molecular weight is 268 g/mol. The fourth-order valence-electron chi connectivity index (χ4n) is 1.91. The third-order valence-electron chi connectivity index (χ3n) is 2.94. The Morgan fingerprint density at radius 1 is 1.05 bits per heavy atom. The smallest absolute Gasteiger partial charge is 0.251 e. The molecule has 0 aliphatic carbocycles. The standard InChI is InChI=1S/C16H16N2O2/c1-11-4-2-7-14(8-11)16(20)18-10-12-5-3-6-13(9-12)15(17)19/h2-9H,10H2,1H3,(H2,17,19)(H,18,20). The third-order valence-corrected chi connectivity index (χ3v) is 2.94. The zero-order chi connectivity index (χ0) is 14.5. The average Bonchev–Trinajstić information content (AvgIpc) is 2.45. The molecule has 0 bridgehead atoms. The Balaban J connectivity index is 2.03. The SMILES string of the molecule is Cc1cccc(C(=O)NCc2cccc(C(N)=O)c2)c1. The molecule has 4 nitrogen and oxygen atoms in total. The molecule has 0 unspecified atom stereocenters. The fraction of sp³-hybridized carbons (Fsp3) is 0.125. The minimum absolute atomic E-state index is 0.141. The Hall–Kier alpha value is -2.62. The van der Waals surface area contributed by atoms with E-state index in [9.17, 15) is 9.59 Å². The second kappa shape index (κ2) is 6.02. The second-order valence-electron chi connectivity index (χ2n) is 4.62. The van der Waals surface area contributed by atoms with E-state index in [1.807, 2.05) is 31.2 Å². The van der Waals surface area contributed by atoms with Crippen molar-refractivity contribution in [3.63, 3.8) is 0 Å². The van der Waals surface area contributed by atoms with Gasteiger partial charge in [-0.1, -0.05) is 29.8 Å². The lowest BCUT2D eigenvalue weighted by molar-refractivity contribution is 0.0950. The van der Waals surface area contributed by atoms with E-state index >= 15 is 0 Å². The van der Waals surface area contributed by atoms with E-state index in [0.29, 0.717) is 17.7 Å². The van der Waals surface area contributed by atoms with Crippen LogP contribution >= 0.6 is 0 Å². The van der Waals surface area contributed by atoms with E-state index in [0.717, 1.165) is 11.1 Å². The Morgan fingerprint density at radius 3 is 2.45 bits per heavy atom.